The number of ether oxygens (including phenoxy) is 1. The van der Waals surface area contributed by atoms with Crippen LogP contribution in [0.15, 0.2) is 59.7 Å². The first-order chi connectivity index (χ1) is 27.0. The molecule has 2 N–H and O–H groups in total. The molecule has 1 unspecified atom stereocenters. The van der Waals surface area contributed by atoms with Crippen molar-refractivity contribution in [2.45, 2.75) is 70.5 Å². The van der Waals surface area contributed by atoms with Crippen molar-refractivity contribution in [3.63, 3.8) is 0 Å². The van der Waals surface area contributed by atoms with Crippen LogP contribution < -0.4 is 16.3 Å². The average molecular weight is 772 g/mol. The number of fused-ring (bicyclic) bond motifs is 2. The lowest BCUT2D eigenvalue weighted by atomic mass is 10.0. The van der Waals surface area contributed by atoms with Crippen LogP contribution in [0.25, 0.3) is 33.2 Å². The number of benzene rings is 2. The van der Waals surface area contributed by atoms with Crippen molar-refractivity contribution < 1.29 is 23.1 Å². The number of halogens is 2. The Kier molecular flexibility index (Phi) is 12.2. The maximum absolute atomic E-state index is 13.0. The summed E-state index contributed by atoms with van der Waals surface area (Å²) in [5.41, 5.74) is 6.45. The second kappa shape index (κ2) is 17.4. The largest absolute Gasteiger partial charge is 0.381 e. The highest BCUT2D eigenvalue weighted by atomic mass is 19.3. The third-order valence-electron chi connectivity index (χ3n) is 11.0. The molecule has 3 aromatic heterocycles. The van der Waals surface area contributed by atoms with Gasteiger partial charge in [0.25, 0.3) is 0 Å². The van der Waals surface area contributed by atoms with Crippen molar-refractivity contribution in [1.29, 1.82) is 0 Å². The molecule has 0 bridgehead atoms. The highest BCUT2D eigenvalue weighted by molar-refractivity contribution is 6.00. The lowest BCUT2D eigenvalue weighted by molar-refractivity contribution is -0.135. The fourth-order valence-corrected chi connectivity index (χ4v) is 7.89. The summed E-state index contributed by atoms with van der Waals surface area (Å²) >= 11 is 0. The minimum absolute atomic E-state index is 0.219. The predicted octanol–water partition coefficient (Wildman–Crippen LogP) is 4.88. The van der Waals surface area contributed by atoms with Gasteiger partial charge in [-0.25, -0.2) is 18.6 Å². The van der Waals surface area contributed by atoms with Crippen molar-refractivity contribution in [1.82, 2.24) is 38.8 Å². The zero-order valence-corrected chi connectivity index (χ0v) is 32.3. The van der Waals surface area contributed by atoms with Gasteiger partial charge in [0.05, 0.1) is 11.0 Å². The normalized spacial score (nSPS) is 17.6. The minimum atomic E-state index is -2.38. The van der Waals surface area contributed by atoms with Crippen LogP contribution in [-0.4, -0.2) is 104 Å². The third-order valence-corrected chi connectivity index (χ3v) is 11.0. The number of imidazole rings is 1. The van der Waals surface area contributed by atoms with E-state index < -0.39 is 24.4 Å². The van der Waals surface area contributed by atoms with Crippen molar-refractivity contribution in [3.8, 4) is 11.1 Å². The summed E-state index contributed by atoms with van der Waals surface area (Å²) in [7, 11) is 3.64. The number of hydrogen-bond donors (Lipinski definition) is 2. The van der Waals surface area contributed by atoms with Gasteiger partial charge in [-0.2, -0.15) is 4.98 Å². The van der Waals surface area contributed by atoms with E-state index in [-0.39, 0.29) is 24.4 Å². The highest BCUT2D eigenvalue weighted by Crippen LogP contribution is 2.30. The Morgan fingerprint density at radius 1 is 0.946 bits per heavy atom. The van der Waals surface area contributed by atoms with Gasteiger partial charge in [-0.15, -0.1) is 0 Å². The molecule has 0 radical (unpaired) electrons. The number of carbonyl (C=O) groups is 2. The third kappa shape index (κ3) is 9.00. The standard InChI is InChI=1S/C41H51F2N9O4/c1-27(22-36(42)43)45-40-44-24-31-32(26-48(2)38(31)47-40)30-10-7-29(8-11-30)25-51-18-16-50(17-19-51)15-5-21-56-20-4-6-28-9-12-33-35(23-28)49(3)41(55)52(33)34-13-14-37(53)46-39(34)54/h7-12,23-24,26-27,34,36H,4-6,13-22,25H2,1-3H3,(H,44,45,47)(H,46,53,54)/t27-,34?/m1/s1. The number of nitrogens with one attached hydrogen (secondary N) is 2. The topological polar surface area (TPSA) is 132 Å². The molecule has 0 saturated carbocycles. The molecule has 0 aliphatic carbocycles. The Balaban J connectivity index is 0.804. The summed E-state index contributed by atoms with van der Waals surface area (Å²) < 4.78 is 36.5. The van der Waals surface area contributed by atoms with Gasteiger partial charge in [0.15, 0.2) is 0 Å². The smallest absolute Gasteiger partial charge is 0.329 e. The molecule has 2 aromatic carbocycles. The van der Waals surface area contributed by atoms with Crippen LogP contribution in [-0.2, 0) is 41.4 Å². The number of piperidine rings is 1. The first-order valence-electron chi connectivity index (χ1n) is 19.6. The summed E-state index contributed by atoms with van der Waals surface area (Å²) in [4.78, 5) is 51.1. The quantitative estimate of drug-likeness (QED) is 0.107. The molecule has 2 fully saturated rings. The number of anilines is 1. The Morgan fingerprint density at radius 3 is 2.43 bits per heavy atom. The molecule has 7 rings (SSSR count). The molecule has 13 nitrogen and oxygen atoms in total. The Morgan fingerprint density at radius 2 is 1.68 bits per heavy atom. The average Bonchev–Trinajstić information content (AvgIpc) is 3.63. The van der Waals surface area contributed by atoms with E-state index in [0.29, 0.717) is 24.5 Å². The van der Waals surface area contributed by atoms with E-state index in [1.165, 1.54) is 10.1 Å². The van der Waals surface area contributed by atoms with E-state index in [0.717, 1.165) is 98.4 Å². The number of piperazine rings is 1. The molecule has 2 aliphatic heterocycles. The zero-order valence-electron chi connectivity index (χ0n) is 32.3. The van der Waals surface area contributed by atoms with Crippen LogP contribution in [0.2, 0.25) is 0 Å². The van der Waals surface area contributed by atoms with Gasteiger partial charge in [-0.3, -0.25) is 28.9 Å². The Hall–Kier alpha value is -4.99. The highest BCUT2D eigenvalue weighted by Gasteiger charge is 2.31. The number of alkyl halides is 2. The fourth-order valence-electron chi connectivity index (χ4n) is 7.89. The molecule has 5 heterocycles. The van der Waals surface area contributed by atoms with Crippen LogP contribution in [0.5, 0.6) is 0 Å². The number of nitrogens with zero attached hydrogens (tertiary/aromatic N) is 7. The molecular formula is C41H51F2N9O4. The van der Waals surface area contributed by atoms with Gasteiger partial charge in [-0.05, 0) is 61.4 Å². The molecular weight excluding hydrogens is 721 g/mol. The predicted molar refractivity (Wildman–Crippen MR) is 212 cm³/mol. The fraction of sp³-hybridized carbons (Fsp3) is 0.488. The van der Waals surface area contributed by atoms with Crippen LogP contribution in [0, 0.1) is 0 Å². The molecule has 2 saturated heterocycles. The van der Waals surface area contributed by atoms with E-state index in [4.69, 9.17) is 4.74 Å². The maximum Gasteiger partial charge on any atom is 0.329 e. The number of imide groups is 1. The number of aryl methyl sites for hydroxylation is 3. The summed E-state index contributed by atoms with van der Waals surface area (Å²) in [6.07, 6.45) is 4.37. The molecule has 5 aromatic rings. The molecule has 15 heteroatoms. The molecule has 0 spiro atoms. The van der Waals surface area contributed by atoms with Gasteiger partial charge in [-0.1, -0.05) is 30.3 Å². The van der Waals surface area contributed by atoms with Crippen molar-refractivity contribution in [2.75, 3.05) is 51.3 Å². The summed E-state index contributed by atoms with van der Waals surface area (Å²) in [5.74, 6) is -0.380. The van der Waals surface area contributed by atoms with E-state index in [9.17, 15) is 23.2 Å². The van der Waals surface area contributed by atoms with Gasteiger partial charge >= 0.3 is 5.69 Å². The number of amides is 2. The van der Waals surface area contributed by atoms with Crippen LogP contribution in [0.3, 0.4) is 0 Å². The first-order valence-corrected chi connectivity index (χ1v) is 19.6. The number of hydrogen-bond acceptors (Lipinski definition) is 9. The lowest BCUT2D eigenvalue weighted by Gasteiger charge is -2.34. The Bertz CT molecular complexity index is 2220. The molecule has 2 amide bonds. The minimum Gasteiger partial charge on any atom is -0.381 e. The summed E-state index contributed by atoms with van der Waals surface area (Å²) in [5, 5.41) is 6.25. The number of rotatable bonds is 16. The monoisotopic (exact) mass is 771 g/mol. The van der Waals surface area contributed by atoms with Crippen molar-refractivity contribution >= 4 is 39.8 Å². The lowest BCUT2D eigenvalue weighted by Crippen LogP contribution is -2.46. The number of carbonyl (C=O) groups excluding carboxylic acids is 2. The van der Waals surface area contributed by atoms with Gasteiger partial charge in [0.2, 0.25) is 24.2 Å². The van der Waals surface area contributed by atoms with Crippen molar-refractivity contribution in [3.05, 3.63) is 76.5 Å². The molecule has 2 aliphatic rings. The molecule has 298 valence electrons. The Labute approximate surface area is 324 Å². The van der Waals surface area contributed by atoms with Crippen LogP contribution >= 0.6 is 0 Å². The van der Waals surface area contributed by atoms with Crippen molar-refractivity contribution in [2.24, 2.45) is 14.1 Å². The maximum atomic E-state index is 13.0. The summed E-state index contributed by atoms with van der Waals surface area (Å²) in [6.45, 7) is 9.09. The van der Waals surface area contributed by atoms with Crippen LogP contribution in [0.1, 0.15) is 56.2 Å². The molecule has 2 atom stereocenters. The van der Waals surface area contributed by atoms with Crippen LogP contribution in [0.4, 0.5) is 14.7 Å². The van der Waals surface area contributed by atoms with E-state index >= 15 is 0 Å². The van der Waals surface area contributed by atoms with Gasteiger partial charge in [0, 0.05) is 109 Å². The number of aromatic nitrogens is 5. The van der Waals surface area contributed by atoms with E-state index in [1.54, 1.807) is 24.7 Å². The second-order valence-electron chi connectivity index (χ2n) is 15.1. The van der Waals surface area contributed by atoms with Gasteiger partial charge in [0.1, 0.15) is 11.7 Å². The van der Waals surface area contributed by atoms with Gasteiger partial charge < -0.3 is 19.5 Å². The first kappa shape index (κ1) is 39.3. The zero-order chi connectivity index (χ0) is 39.3. The summed E-state index contributed by atoms with van der Waals surface area (Å²) in [6, 6.07) is 13.4. The second-order valence-corrected chi connectivity index (χ2v) is 15.1. The van der Waals surface area contributed by atoms with E-state index in [2.05, 4.69) is 54.7 Å². The van der Waals surface area contributed by atoms with E-state index in [1.807, 2.05) is 36.0 Å². The SMILES string of the molecule is C[C@H](CC(F)F)Nc1ncc2c(-c3ccc(CN4CCN(CCCOCCCc5ccc6c(c5)n(C)c(=O)n6C5CCC(=O)NC5=O)CC4)cc3)cn(C)c2n1. The molecule has 56 heavy (non-hydrogen) atoms.